The van der Waals surface area contributed by atoms with Gasteiger partial charge in [0.05, 0.1) is 10.6 Å². The van der Waals surface area contributed by atoms with Gasteiger partial charge in [-0.15, -0.1) is 0 Å². The van der Waals surface area contributed by atoms with E-state index in [1.54, 1.807) is 30.3 Å². The summed E-state index contributed by atoms with van der Waals surface area (Å²) in [6, 6.07) is 22.2. The molecule has 0 saturated heterocycles. The van der Waals surface area contributed by atoms with Crippen molar-refractivity contribution in [1.82, 2.24) is 0 Å². The smallest absolute Gasteiger partial charge is 0.308 e. The molecule has 0 unspecified atom stereocenters. The van der Waals surface area contributed by atoms with Crippen LogP contribution in [-0.2, 0) is 10.0 Å². The highest BCUT2D eigenvalue weighted by Gasteiger charge is 2.14. The normalized spacial score (nSPS) is 11.0. The maximum atomic E-state index is 12.3. The average Bonchev–Trinajstić information content (AvgIpc) is 2.62. The molecule has 0 fully saturated rings. The average molecular weight is 367 g/mol. The zero-order valence-corrected chi connectivity index (χ0v) is 14.5. The van der Waals surface area contributed by atoms with Gasteiger partial charge in [0.2, 0.25) is 10.0 Å². The Morgan fingerprint density at radius 1 is 0.808 bits per heavy atom. The second kappa shape index (κ2) is 7.38. The number of benzene rings is 3. The molecular weight excluding hydrogens is 350 g/mol. The van der Waals surface area contributed by atoms with E-state index in [-0.39, 0.29) is 4.90 Å². The number of rotatable bonds is 4. The van der Waals surface area contributed by atoms with Gasteiger partial charge in [0.15, 0.2) is 0 Å². The summed E-state index contributed by atoms with van der Waals surface area (Å²) in [6.45, 7) is 0. The number of urea groups is 1. The number of nitrogens with two attached hydrogens (primary N) is 1. The van der Waals surface area contributed by atoms with Gasteiger partial charge in [-0.25, -0.2) is 18.4 Å². The highest BCUT2D eigenvalue weighted by Crippen LogP contribution is 2.30. The molecule has 132 valence electrons. The van der Waals surface area contributed by atoms with Gasteiger partial charge in [-0.2, -0.15) is 0 Å². The van der Waals surface area contributed by atoms with E-state index in [4.69, 9.17) is 5.14 Å². The summed E-state index contributed by atoms with van der Waals surface area (Å²) in [6.07, 6.45) is 0. The Balaban J connectivity index is 1.96. The van der Waals surface area contributed by atoms with Crippen LogP contribution in [0.25, 0.3) is 11.1 Å². The SMILES string of the molecule is NS(=O)(=O)c1ccc(-c2ccccc2)c(NC(=O)Nc2ccccc2)c1. The minimum Gasteiger partial charge on any atom is -0.308 e. The Kier molecular flexibility index (Phi) is 5.01. The molecule has 6 nitrogen and oxygen atoms in total. The van der Waals surface area contributed by atoms with Crippen LogP contribution in [0.5, 0.6) is 0 Å². The predicted octanol–water partition coefficient (Wildman–Crippen LogP) is 3.65. The molecule has 0 aliphatic heterocycles. The first-order valence-corrected chi connectivity index (χ1v) is 9.33. The van der Waals surface area contributed by atoms with Gasteiger partial charge < -0.3 is 10.6 Å². The molecular formula is C19H17N3O3S. The molecule has 0 bridgehead atoms. The third-order valence-corrected chi connectivity index (χ3v) is 4.60. The molecule has 0 aliphatic carbocycles. The molecule has 2 amide bonds. The van der Waals surface area contributed by atoms with Gasteiger partial charge in [0.25, 0.3) is 0 Å². The fourth-order valence-corrected chi connectivity index (χ4v) is 3.02. The van der Waals surface area contributed by atoms with Crippen molar-refractivity contribution in [3.05, 3.63) is 78.9 Å². The van der Waals surface area contributed by atoms with Gasteiger partial charge in [-0.05, 0) is 29.8 Å². The van der Waals surface area contributed by atoms with E-state index >= 15 is 0 Å². The summed E-state index contributed by atoms with van der Waals surface area (Å²) >= 11 is 0. The first-order valence-electron chi connectivity index (χ1n) is 7.79. The molecule has 0 saturated carbocycles. The summed E-state index contributed by atoms with van der Waals surface area (Å²) in [5, 5.41) is 10.6. The molecule has 4 N–H and O–H groups in total. The maximum absolute atomic E-state index is 12.3. The lowest BCUT2D eigenvalue weighted by molar-refractivity contribution is 0.262. The predicted molar refractivity (Wildman–Crippen MR) is 102 cm³/mol. The van der Waals surface area contributed by atoms with Crippen LogP contribution in [0.1, 0.15) is 0 Å². The second-order valence-electron chi connectivity index (χ2n) is 5.56. The summed E-state index contributed by atoms with van der Waals surface area (Å²) in [5.41, 5.74) is 2.48. The second-order valence-corrected chi connectivity index (χ2v) is 7.12. The number of sulfonamides is 1. The van der Waals surface area contributed by atoms with E-state index in [0.717, 1.165) is 5.56 Å². The van der Waals surface area contributed by atoms with Crippen LogP contribution in [-0.4, -0.2) is 14.4 Å². The summed E-state index contributed by atoms with van der Waals surface area (Å²) in [4.78, 5) is 12.2. The maximum Gasteiger partial charge on any atom is 0.323 e. The first kappa shape index (κ1) is 17.7. The number of hydrogen-bond acceptors (Lipinski definition) is 3. The summed E-state index contributed by atoms with van der Waals surface area (Å²) < 4.78 is 23.3. The van der Waals surface area contributed by atoms with Crippen molar-refractivity contribution in [2.24, 2.45) is 5.14 Å². The number of para-hydroxylation sites is 1. The number of amides is 2. The van der Waals surface area contributed by atoms with Crippen LogP contribution in [0, 0.1) is 0 Å². The van der Waals surface area contributed by atoms with Crippen molar-refractivity contribution in [2.75, 3.05) is 10.6 Å². The Morgan fingerprint density at radius 2 is 1.42 bits per heavy atom. The monoisotopic (exact) mass is 367 g/mol. The molecule has 0 atom stereocenters. The van der Waals surface area contributed by atoms with E-state index in [1.165, 1.54) is 12.1 Å². The quantitative estimate of drug-likeness (QED) is 0.656. The number of anilines is 2. The molecule has 3 aromatic carbocycles. The molecule has 26 heavy (non-hydrogen) atoms. The Hall–Kier alpha value is -3.16. The van der Waals surface area contributed by atoms with Gasteiger partial charge in [0.1, 0.15) is 0 Å². The lowest BCUT2D eigenvalue weighted by Crippen LogP contribution is -2.20. The van der Waals surface area contributed by atoms with E-state index < -0.39 is 16.1 Å². The van der Waals surface area contributed by atoms with Crippen molar-refractivity contribution in [2.45, 2.75) is 4.90 Å². The molecule has 0 aliphatic rings. The Labute approximate surface area is 151 Å². The van der Waals surface area contributed by atoms with E-state index in [1.807, 2.05) is 36.4 Å². The van der Waals surface area contributed by atoms with Gasteiger partial charge >= 0.3 is 6.03 Å². The molecule has 3 rings (SSSR count). The van der Waals surface area contributed by atoms with Crippen molar-refractivity contribution in [3.63, 3.8) is 0 Å². The highest BCUT2D eigenvalue weighted by atomic mass is 32.2. The first-order chi connectivity index (χ1) is 12.4. The van der Waals surface area contributed by atoms with E-state index in [2.05, 4.69) is 10.6 Å². The fraction of sp³-hybridized carbons (Fsp3) is 0. The van der Waals surface area contributed by atoms with Crippen molar-refractivity contribution in [3.8, 4) is 11.1 Å². The minimum absolute atomic E-state index is 0.0767. The zero-order chi connectivity index (χ0) is 18.6. The standard InChI is InChI=1S/C19H17N3O3S/c20-26(24,25)16-11-12-17(14-7-3-1-4-8-14)18(13-16)22-19(23)21-15-9-5-2-6-10-15/h1-13H,(H2,20,24,25)(H2,21,22,23). The van der Waals surface area contributed by atoms with Crippen molar-refractivity contribution >= 4 is 27.4 Å². The third-order valence-electron chi connectivity index (χ3n) is 3.68. The number of carbonyl (C=O) groups excluding carboxylic acids is 1. The molecule has 3 aromatic rings. The van der Waals surface area contributed by atoms with Gasteiger partial charge in [-0.3, -0.25) is 0 Å². The van der Waals surface area contributed by atoms with Crippen LogP contribution in [0.2, 0.25) is 0 Å². The van der Waals surface area contributed by atoms with Crippen LogP contribution < -0.4 is 15.8 Å². The van der Waals surface area contributed by atoms with Crippen LogP contribution in [0.4, 0.5) is 16.2 Å². The zero-order valence-electron chi connectivity index (χ0n) is 13.7. The number of primary sulfonamides is 1. The van der Waals surface area contributed by atoms with Gasteiger partial charge in [-0.1, -0.05) is 54.6 Å². The lowest BCUT2D eigenvalue weighted by Gasteiger charge is -2.14. The summed E-state index contributed by atoms with van der Waals surface area (Å²) in [7, 11) is -3.89. The highest BCUT2D eigenvalue weighted by molar-refractivity contribution is 7.89. The Morgan fingerprint density at radius 3 is 2.04 bits per heavy atom. The molecule has 0 radical (unpaired) electrons. The van der Waals surface area contributed by atoms with Crippen molar-refractivity contribution in [1.29, 1.82) is 0 Å². The number of nitrogens with one attached hydrogen (secondary N) is 2. The van der Waals surface area contributed by atoms with Crippen LogP contribution in [0.15, 0.2) is 83.8 Å². The number of hydrogen-bond donors (Lipinski definition) is 3. The fourth-order valence-electron chi connectivity index (χ4n) is 2.48. The van der Waals surface area contributed by atoms with Crippen LogP contribution >= 0.6 is 0 Å². The minimum atomic E-state index is -3.89. The van der Waals surface area contributed by atoms with Crippen molar-refractivity contribution < 1.29 is 13.2 Å². The van der Waals surface area contributed by atoms with E-state index in [0.29, 0.717) is 16.9 Å². The third kappa shape index (κ3) is 4.27. The summed E-state index contributed by atoms with van der Waals surface area (Å²) in [5.74, 6) is 0. The van der Waals surface area contributed by atoms with Crippen LogP contribution in [0.3, 0.4) is 0 Å². The molecule has 0 heterocycles. The largest absolute Gasteiger partial charge is 0.323 e. The topological polar surface area (TPSA) is 101 Å². The lowest BCUT2D eigenvalue weighted by atomic mass is 10.0. The molecule has 0 aromatic heterocycles. The number of carbonyl (C=O) groups is 1. The molecule has 0 spiro atoms. The molecule has 7 heteroatoms. The van der Waals surface area contributed by atoms with Gasteiger partial charge in [0, 0.05) is 11.3 Å². The van der Waals surface area contributed by atoms with E-state index in [9.17, 15) is 13.2 Å². The Bertz CT molecular complexity index is 1020.